The summed E-state index contributed by atoms with van der Waals surface area (Å²) in [6, 6.07) is 13.1. The third-order valence-electron chi connectivity index (χ3n) is 3.62. The van der Waals surface area contributed by atoms with Crippen LogP contribution in [0.1, 0.15) is 36.2 Å². The molecule has 0 N–H and O–H groups in total. The predicted molar refractivity (Wildman–Crippen MR) is 99.8 cm³/mol. The van der Waals surface area contributed by atoms with Crippen LogP contribution in [0, 0.1) is 0 Å². The van der Waals surface area contributed by atoms with Crippen LogP contribution in [-0.4, -0.2) is 26.1 Å². The Morgan fingerprint density at radius 1 is 1.00 bits per heavy atom. The van der Waals surface area contributed by atoms with Crippen molar-refractivity contribution in [2.45, 2.75) is 20.3 Å². The van der Waals surface area contributed by atoms with E-state index in [0.717, 1.165) is 5.56 Å². The van der Waals surface area contributed by atoms with Gasteiger partial charge in [-0.1, -0.05) is 30.4 Å². The molecule has 2 rings (SSSR count). The van der Waals surface area contributed by atoms with E-state index in [-0.39, 0.29) is 5.78 Å². The molecule has 25 heavy (non-hydrogen) atoms. The zero-order chi connectivity index (χ0) is 18.1. The fourth-order valence-electron chi connectivity index (χ4n) is 2.41. The molecule has 0 saturated heterocycles. The highest BCUT2D eigenvalue weighted by Crippen LogP contribution is 2.28. The molecule has 0 aliphatic heterocycles. The monoisotopic (exact) mass is 340 g/mol. The number of rotatable bonds is 9. The Balaban J connectivity index is 1.85. The summed E-state index contributed by atoms with van der Waals surface area (Å²) in [6.07, 6.45) is 4.68. The number of hydrogen-bond acceptors (Lipinski definition) is 4. The highest BCUT2D eigenvalue weighted by Gasteiger charge is 2.08. The van der Waals surface area contributed by atoms with E-state index in [2.05, 4.69) is 0 Å². The van der Waals surface area contributed by atoms with Crippen molar-refractivity contribution in [1.82, 2.24) is 0 Å². The maximum atomic E-state index is 11.6. The quantitative estimate of drug-likeness (QED) is 0.487. The number of methoxy groups -OCH3 is 1. The van der Waals surface area contributed by atoms with E-state index in [1.165, 1.54) is 6.92 Å². The normalized spacial score (nSPS) is 10.7. The van der Waals surface area contributed by atoms with Gasteiger partial charge in [0.1, 0.15) is 5.75 Å². The molecule has 4 heteroatoms. The van der Waals surface area contributed by atoms with E-state index < -0.39 is 0 Å². The molecule has 4 nitrogen and oxygen atoms in total. The lowest BCUT2D eigenvalue weighted by atomic mass is 10.1. The minimum atomic E-state index is -0.00203. The molecule has 0 aliphatic carbocycles. The molecule has 0 atom stereocenters. The summed E-state index contributed by atoms with van der Waals surface area (Å²) in [6.45, 7) is 4.49. The van der Waals surface area contributed by atoms with Crippen LogP contribution in [0.2, 0.25) is 0 Å². The zero-order valence-corrected chi connectivity index (χ0v) is 15.0. The maximum Gasteiger partial charge on any atom is 0.163 e. The molecule has 0 aliphatic rings. The fourth-order valence-corrected chi connectivity index (χ4v) is 2.41. The van der Waals surface area contributed by atoms with Crippen molar-refractivity contribution >= 4 is 11.9 Å². The molecule has 0 amide bonds. The van der Waals surface area contributed by atoms with E-state index in [0.29, 0.717) is 42.4 Å². The average Bonchev–Trinajstić information content (AvgIpc) is 2.62. The van der Waals surface area contributed by atoms with Crippen molar-refractivity contribution in [3.63, 3.8) is 0 Å². The van der Waals surface area contributed by atoms with E-state index in [4.69, 9.17) is 14.2 Å². The Morgan fingerprint density at radius 3 is 2.40 bits per heavy atom. The lowest BCUT2D eigenvalue weighted by molar-refractivity contribution is 0.101. The number of carbonyl (C=O) groups is 1. The largest absolute Gasteiger partial charge is 0.493 e. The smallest absolute Gasteiger partial charge is 0.163 e. The Hall–Kier alpha value is -2.75. The lowest BCUT2D eigenvalue weighted by Crippen LogP contribution is -2.07. The molecule has 0 unspecified atom stereocenters. The Kier molecular flexibility index (Phi) is 7.08. The van der Waals surface area contributed by atoms with E-state index in [1.807, 2.05) is 49.4 Å². The number of para-hydroxylation sites is 1. The van der Waals surface area contributed by atoms with Gasteiger partial charge in [-0.15, -0.1) is 0 Å². The van der Waals surface area contributed by atoms with Crippen molar-refractivity contribution < 1.29 is 19.0 Å². The van der Waals surface area contributed by atoms with E-state index in [9.17, 15) is 4.79 Å². The molecule has 132 valence electrons. The minimum absolute atomic E-state index is 0.00203. The summed E-state index contributed by atoms with van der Waals surface area (Å²) >= 11 is 0. The van der Waals surface area contributed by atoms with Gasteiger partial charge in [-0.25, -0.2) is 0 Å². The summed E-state index contributed by atoms with van der Waals surface area (Å²) < 4.78 is 16.9. The molecular formula is C21H24O4. The molecule has 0 fully saturated rings. The third-order valence-corrected chi connectivity index (χ3v) is 3.62. The summed E-state index contributed by atoms with van der Waals surface area (Å²) in [5, 5.41) is 0. The number of Topliss-reactive ketones (excluding diaryl/α,β-unsaturated/α-hetero) is 1. The van der Waals surface area contributed by atoms with Crippen molar-refractivity contribution in [3.05, 3.63) is 59.7 Å². The number of hydrogen-bond donors (Lipinski definition) is 0. The van der Waals surface area contributed by atoms with Crippen molar-refractivity contribution in [1.29, 1.82) is 0 Å². The summed E-state index contributed by atoms with van der Waals surface area (Å²) in [5.74, 6) is 2.03. The van der Waals surface area contributed by atoms with Gasteiger partial charge in [-0.2, -0.15) is 0 Å². The van der Waals surface area contributed by atoms with Crippen LogP contribution in [0.25, 0.3) is 6.08 Å². The van der Waals surface area contributed by atoms with Crippen LogP contribution in [-0.2, 0) is 0 Å². The van der Waals surface area contributed by atoms with Crippen molar-refractivity contribution in [2.75, 3.05) is 20.3 Å². The lowest BCUT2D eigenvalue weighted by Gasteiger charge is -2.12. The van der Waals surface area contributed by atoms with Crippen LogP contribution in [0.5, 0.6) is 17.2 Å². The number of ether oxygens (including phenoxy) is 3. The second-order valence-corrected chi connectivity index (χ2v) is 5.51. The molecule has 2 aromatic rings. The van der Waals surface area contributed by atoms with Crippen molar-refractivity contribution in [3.8, 4) is 17.2 Å². The summed E-state index contributed by atoms with van der Waals surface area (Å²) in [5.41, 5.74) is 1.67. The number of allylic oxidation sites excluding steroid dienone is 1. The number of ketones is 1. The van der Waals surface area contributed by atoms with Crippen molar-refractivity contribution in [2.24, 2.45) is 0 Å². The van der Waals surface area contributed by atoms with Gasteiger partial charge in [0, 0.05) is 6.42 Å². The minimum Gasteiger partial charge on any atom is -0.493 e. The Morgan fingerprint density at radius 2 is 1.72 bits per heavy atom. The standard InChI is InChI=1S/C21H24O4/c1-4-8-17-11-12-20(21(15-17)23-3)25-14-7-13-24-19-10-6-5-9-18(19)16(2)22/h4-6,8-12,15H,7,13-14H2,1-3H3/b8-4+. The number of benzene rings is 2. The van der Waals surface area contributed by atoms with Crippen LogP contribution in [0.15, 0.2) is 48.5 Å². The van der Waals surface area contributed by atoms with Gasteiger partial charge < -0.3 is 14.2 Å². The zero-order valence-electron chi connectivity index (χ0n) is 15.0. The van der Waals surface area contributed by atoms with Crippen LogP contribution >= 0.6 is 0 Å². The highest BCUT2D eigenvalue weighted by atomic mass is 16.5. The topological polar surface area (TPSA) is 44.8 Å². The first-order chi connectivity index (χ1) is 12.2. The second kappa shape index (κ2) is 9.52. The molecule has 0 aromatic heterocycles. The molecule has 0 radical (unpaired) electrons. The van der Waals surface area contributed by atoms with Gasteiger partial charge in [0.2, 0.25) is 0 Å². The van der Waals surface area contributed by atoms with Gasteiger partial charge in [-0.3, -0.25) is 4.79 Å². The first-order valence-corrected chi connectivity index (χ1v) is 8.32. The molecule has 0 bridgehead atoms. The van der Waals surface area contributed by atoms with Gasteiger partial charge in [0.15, 0.2) is 17.3 Å². The van der Waals surface area contributed by atoms with Gasteiger partial charge in [0.05, 0.1) is 25.9 Å². The Labute approximate surface area is 149 Å². The molecule has 2 aromatic carbocycles. The number of carbonyl (C=O) groups excluding carboxylic acids is 1. The van der Waals surface area contributed by atoms with Gasteiger partial charge >= 0.3 is 0 Å². The average molecular weight is 340 g/mol. The first-order valence-electron chi connectivity index (χ1n) is 8.32. The second-order valence-electron chi connectivity index (χ2n) is 5.51. The summed E-state index contributed by atoms with van der Waals surface area (Å²) in [4.78, 5) is 11.6. The SMILES string of the molecule is C/C=C/c1ccc(OCCCOc2ccccc2C(C)=O)c(OC)c1. The molecule has 0 heterocycles. The van der Waals surface area contributed by atoms with Gasteiger partial charge in [-0.05, 0) is 43.7 Å². The fraction of sp³-hybridized carbons (Fsp3) is 0.286. The van der Waals surface area contributed by atoms with E-state index in [1.54, 1.807) is 19.2 Å². The molecule has 0 saturated carbocycles. The Bertz CT molecular complexity index is 734. The highest BCUT2D eigenvalue weighted by molar-refractivity contribution is 5.96. The molecular weight excluding hydrogens is 316 g/mol. The summed E-state index contributed by atoms with van der Waals surface area (Å²) in [7, 11) is 1.63. The van der Waals surface area contributed by atoms with Crippen LogP contribution in [0.4, 0.5) is 0 Å². The molecule has 0 spiro atoms. The van der Waals surface area contributed by atoms with Gasteiger partial charge in [0.25, 0.3) is 0 Å². The van der Waals surface area contributed by atoms with E-state index >= 15 is 0 Å². The maximum absolute atomic E-state index is 11.6. The first kappa shape index (κ1) is 18.6. The third kappa shape index (κ3) is 5.38. The van der Waals surface area contributed by atoms with Crippen LogP contribution < -0.4 is 14.2 Å². The van der Waals surface area contributed by atoms with Crippen LogP contribution in [0.3, 0.4) is 0 Å². The predicted octanol–water partition coefficient (Wildman–Crippen LogP) is 4.78.